The quantitative estimate of drug-likeness (QED) is 0.794. The molecule has 0 amide bonds. The van der Waals surface area contributed by atoms with Gasteiger partial charge in [0.1, 0.15) is 5.82 Å². The fourth-order valence-electron chi connectivity index (χ4n) is 2.88. The Balaban J connectivity index is 1.56. The van der Waals surface area contributed by atoms with Gasteiger partial charge >= 0.3 is 0 Å². The molecule has 22 heavy (non-hydrogen) atoms. The second kappa shape index (κ2) is 4.88. The van der Waals surface area contributed by atoms with Crippen LogP contribution in [-0.4, -0.2) is 63.7 Å². The summed E-state index contributed by atoms with van der Waals surface area (Å²) in [7, 11) is -3.08. The van der Waals surface area contributed by atoms with Gasteiger partial charge in [0.25, 0.3) is 0 Å². The van der Waals surface area contributed by atoms with Gasteiger partial charge in [-0.25, -0.2) is 13.4 Å². The van der Waals surface area contributed by atoms with E-state index in [-0.39, 0.29) is 5.25 Å². The van der Waals surface area contributed by atoms with Crippen molar-refractivity contribution < 1.29 is 8.42 Å². The lowest BCUT2D eigenvalue weighted by Gasteiger charge is -2.34. The van der Waals surface area contributed by atoms with Crippen LogP contribution < -0.4 is 4.90 Å². The predicted molar refractivity (Wildman–Crippen MR) is 81.2 cm³/mol. The van der Waals surface area contributed by atoms with Crippen LogP contribution in [0.5, 0.6) is 0 Å². The van der Waals surface area contributed by atoms with Crippen LogP contribution in [0.15, 0.2) is 12.4 Å². The van der Waals surface area contributed by atoms with E-state index in [0.29, 0.717) is 26.2 Å². The summed E-state index contributed by atoms with van der Waals surface area (Å²) < 4.78 is 28.1. The molecule has 9 heteroatoms. The Hall–Kier alpha value is -1.74. The largest absolute Gasteiger partial charge is 0.351 e. The molecule has 2 fully saturated rings. The summed E-state index contributed by atoms with van der Waals surface area (Å²) in [5, 5.41) is 8.11. The van der Waals surface area contributed by atoms with Gasteiger partial charge < -0.3 is 4.90 Å². The smallest absolute Gasteiger partial charge is 0.217 e. The molecule has 0 atom stereocenters. The number of hydrogen-bond donors (Lipinski definition) is 0. The number of nitrogens with zero attached hydrogens (tertiary/aromatic N) is 6. The van der Waals surface area contributed by atoms with Crippen LogP contribution in [0.25, 0.3) is 5.65 Å². The highest BCUT2D eigenvalue weighted by Gasteiger charge is 2.41. The van der Waals surface area contributed by atoms with Gasteiger partial charge in [-0.05, 0) is 19.8 Å². The van der Waals surface area contributed by atoms with E-state index in [1.165, 1.54) is 0 Å². The molecule has 2 aliphatic rings. The molecule has 118 valence electrons. The first kappa shape index (κ1) is 13.9. The van der Waals surface area contributed by atoms with Gasteiger partial charge in [-0.3, -0.25) is 4.40 Å². The maximum Gasteiger partial charge on any atom is 0.217 e. The van der Waals surface area contributed by atoms with Gasteiger partial charge in [0.2, 0.25) is 15.7 Å². The third kappa shape index (κ3) is 2.15. The number of rotatable bonds is 3. The highest BCUT2D eigenvalue weighted by molar-refractivity contribution is 7.90. The molecule has 3 heterocycles. The molecule has 8 nitrogen and oxygen atoms in total. The van der Waals surface area contributed by atoms with Crippen molar-refractivity contribution in [1.82, 2.24) is 23.9 Å². The molecule has 2 aromatic heterocycles. The molecule has 4 rings (SSSR count). The van der Waals surface area contributed by atoms with Crippen molar-refractivity contribution in [2.45, 2.75) is 25.0 Å². The number of aromatic nitrogens is 4. The van der Waals surface area contributed by atoms with Crippen LogP contribution in [0.2, 0.25) is 0 Å². The first-order valence-corrected chi connectivity index (χ1v) is 8.98. The second-order valence-corrected chi connectivity index (χ2v) is 8.04. The van der Waals surface area contributed by atoms with Crippen LogP contribution in [0.4, 0.5) is 5.82 Å². The van der Waals surface area contributed by atoms with Crippen LogP contribution in [0.3, 0.4) is 0 Å². The Labute approximate surface area is 128 Å². The third-order valence-electron chi connectivity index (χ3n) is 4.32. The lowest BCUT2D eigenvalue weighted by atomic mass is 10.3. The molecule has 0 spiro atoms. The molecule has 0 bridgehead atoms. The number of anilines is 1. The van der Waals surface area contributed by atoms with E-state index in [9.17, 15) is 8.42 Å². The summed E-state index contributed by atoms with van der Waals surface area (Å²) in [4.78, 5) is 6.50. The number of sulfonamides is 1. The lowest BCUT2D eigenvalue weighted by molar-refractivity contribution is 0.383. The molecule has 1 saturated heterocycles. The van der Waals surface area contributed by atoms with Gasteiger partial charge in [-0.15, -0.1) is 10.2 Å². The summed E-state index contributed by atoms with van der Waals surface area (Å²) in [5.41, 5.74) is 0.721. The van der Waals surface area contributed by atoms with Crippen molar-refractivity contribution in [1.29, 1.82) is 0 Å². The molecular formula is C13H18N6O2S. The van der Waals surface area contributed by atoms with Crippen LogP contribution in [-0.2, 0) is 10.0 Å². The lowest BCUT2D eigenvalue weighted by Crippen LogP contribution is -2.50. The number of hydrogen-bond acceptors (Lipinski definition) is 6. The van der Waals surface area contributed by atoms with E-state index in [0.717, 1.165) is 30.1 Å². The Morgan fingerprint density at radius 1 is 1.14 bits per heavy atom. The summed E-state index contributed by atoms with van der Waals surface area (Å²) >= 11 is 0. The monoisotopic (exact) mass is 322 g/mol. The normalized spacial score (nSPS) is 20.7. The maximum absolute atomic E-state index is 12.3. The topological polar surface area (TPSA) is 83.7 Å². The van der Waals surface area contributed by atoms with E-state index in [4.69, 9.17) is 0 Å². The second-order valence-electron chi connectivity index (χ2n) is 5.82. The van der Waals surface area contributed by atoms with E-state index < -0.39 is 10.0 Å². The molecule has 0 N–H and O–H groups in total. The molecule has 0 unspecified atom stereocenters. The zero-order valence-corrected chi connectivity index (χ0v) is 13.2. The van der Waals surface area contributed by atoms with Gasteiger partial charge in [-0.1, -0.05) is 0 Å². The van der Waals surface area contributed by atoms with Gasteiger partial charge in [0, 0.05) is 38.6 Å². The SMILES string of the molecule is Cc1nnc2c(N3CCN(S(=O)(=O)C4CC4)CC3)nccn12. The van der Waals surface area contributed by atoms with Crippen LogP contribution >= 0.6 is 0 Å². The van der Waals surface area contributed by atoms with Crippen LogP contribution in [0, 0.1) is 6.92 Å². The van der Waals surface area contributed by atoms with Gasteiger partial charge in [0.05, 0.1) is 5.25 Å². The molecule has 0 aromatic carbocycles. The summed E-state index contributed by atoms with van der Waals surface area (Å²) in [6, 6.07) is 0. The third-order valence-corrected chi connectivity index (χ3v) is 6.72. The Kier molecular flexibility index (Phi) is 3.08. The first-order chi connectivity index (χ1) is 10.6. The highest BCUT2D eigenvalue weighted by atomic mass is 32.2. The Morgan fingerprint density at radius 2 is 1.86 bits per heavy atom. The van der Waals surface area contributed by atoms with Crippen molar-refractivity contribution in [2.75, 3.05) is 31.1 Å². The highest BCUT2D eigenvalue weighted by Crippen LogP contribution is 2.31. The van der Waals surface area contributed by atoms with E-state index in [1.807, 2.05) is 17.5 Å². The van der Waals surface area contributed by atoms with E-state index in [2.05, 4.69) is 20.1 Å². The zero-order chi connectivity index (χ0) is 15.3. The standard InChI is InChI=1S/C13H18N6O2S/c1-10-15-16-13-12(14-4-5-19(10)13)17-6-8-18(9-7-17)22(20,21)11-2-3-11/h4-5,11H,2-3,6-9H2,1H3. The first-order valence-electron chi connectivity index (χ1n) is 7.47. The minimum Gasteiger partial charge on any atom is -0.351 e. The average molecular weight is 322 g/mol. The summed E-state index contributed by atoms with van der Waals surface area (Å²) in [5.74, 6) is 1.58. The Morgan fingerprint density at radius 3 is 2.55 bits per heavy atom. The van der Waals surface area contributed by atoms with Gasteiger partial charge in [0.15, 0.2) is 5.82 Å². The van der Waals surface area contributed by atoms with Crippen molar-refractivity contribution >= 4 is 21.5 Å². The molecular weight excluding hydrogens is 304 g/mol. The minimum atomic E-state index is -3.08. The van der Waals surface area contributed by atoms with Crippen molar-refractivity contribution in [3.05, 3.63) is 18.2 Å². The average Bonchev–Trinajstić information content (AvgIpc) is 3.33. The fourth-order valence-corrected chi connectivity index (χ4v) is 4.71. The molecule has 1 saturated carbocycles. The van der Waals surface area contributed by atoms with Crippen molar-refractivity contribution in [3.8, 4) is 0 Å². The van der Waals surface area contributed by atoms with Crippen molar-refractivity contribution in [3.63, 3.8) is 0 Å². The van der Waals surface area contributed by atoms with E-state index >= 15 is 0 Å². The minimum absolute atomic E-state index is 0.139. The zero-order valence-electron chi connectivity index (χ0n) is 12.4. The summed E-state index contributed by atoms with van der Waals surface area (Å²) in [6.45, 7) is 4.17. The Bertz CT molecular complexity index is 805. The number of piperazine rings is 1. The van der Waals surface area contributed by atoms with Crippen molar-refractivity contribution in [2.24, 2.45) is 0 Å². The van der Waals surface area contributed by atoms with Crippen LogP contribution in [0.1, 0.15) is 18.7 Å². The molecule has 0 radical (unpaired) electrons. The number of aryl methyl sites for hydroxylation is 1. The molecule has 1 aliphatic carbocycles. The maximum atomic E-state index is 12.3. The van der Waals surface area contributed by atoms with E-state index in [1.54, 1.807) is 10.5 Å². The summed E-state index contributed by atoms with van der Waals surface area (Å²) in [6.07, 6.45) is 5.18. The predicted octanol–water partition coefficient (Wildman–Crippen LogP) is 0.0469. The fraction of sp³-hybridized carbons (Fsp3) is 0.615. The molecule has 2 aromatic rings. The molecule has 1 aliphatic heterocycles. The number of fused-ring (bicyclic) bond motifs is 1. The van der Waals surface area contributed by atoms with Gasteiger partial charge in [-0.2, -0.15) is 4.31 Å².